The monoisotopic (exact) mass is 245 g/mol. The van der Waals surface area contributed by atoms with Crippen LogP contribution in [-0.2, 0) is 11.8 Å². The number of halogens is 1. The number of pyridine rings is 1. The quantitative estimate of drug-likeness (QED) is 0.363. The Hall–Kier alpha value is -1.24. The van der Waals surface area contributed by atoms with E-state index in [2.05, 4.69) is 16.3 Å². The van der Waals surface area contributed by atoms with Crippen molar-refractivity contribution >= 4 is 6.47 Å². The predicted octanol–water partition coefficient (Wildman–Crippen LogP) is -1.87. The third-order valence-corrected chi connectivity index (χ3v) is 1.64. The molecule has 2 heterocycles. The van der Waals surface area contributed by atoms with Gasteiger partial charge in [0.2, 0.25) is 0 Å². The minimum absolute atomic E-state index is 0. The molecule has 0 saturated heterocycles. The fourth-order valence-corrected chi connectivity index (χ4v) is 1.05. The minimum Gasteiger partial charge on any atom is -0.483 e. The van der Waals surface area contributed by atoms with Crippen molar-refractivity contribution in [2.75, 3.05) is 0 Å². The van der Waals surface area contributed by atoms with Gasteiger partial charge in [0.1, 0.15) is 5.82 Å². The number of carboxylic acid groups (broad SMARTS) is 1. The molecule has 1 N–H and O–H groups in total. The molecule has 0 radical (unpaired) electrons. The van der Waals surface area contributed by atoms with Crippen LogP contribution in [0.25, 0.3) is 11.3 Å². The minimum atomic E-state index is -0.303. The molecule has 17 heavy (non-hydrogen) atoms. The fourth-order valence-electron chi connectivity index (χ4n) is 1.05. The van der Waals surface area contributed by atoms with Crippen LogP contribution in [0, 0.1) is 12.0 Å². The van der Waals surface area contributed by atoms with Crippen LogP contribution >= 0.6 is 0 Å². The molecular weight excluding hydrogens is 236 g/mol. The van der Waals surface area contributed by atoms with Crippen molar-refractivity contribution in [3.8, 4) is 11.3 Å². The van der Waals surface area contributed by atoms with Crippen molar-refractivity contribution in [3.05, 3.63) is 36.5 Å². The van der Waals surface area contributed by atoms with E-state index in [1.54, 1.807) is 13.2 Å². The Morgan fingerprint density at radius 1 is 1.59 bits per heavy atom. The summed E-state index contributed by atoms with van der Waals surface area (Å²) < 4.78 is 14.3. The van der Waals surface area contributed by atoms with Gasteiger partial charge in [0.05, 0.1) is 0 Å². The summed E-state index contributed by atoms with van der Waals surface area (Å²) >= 11 is 0. The van der Waals surface area contributed by atoms with Gasteiger partial charge in [-0.1, -0.05) is 18.5 Å². The fraction of sp³-hybridized carbons (Fsp3) is 0.100. The van der Waals surface area contributed by atoms with Gasteiger partial charge in [-0.05, 0) is 11.8 Å². The third-order valence-electron chi connectivity index (χ3n) is 1.64. The van der Waals surface area contributed by atoms with Gasteiger partial charge in [0.15, 0.2) is 0 Å². The molecule has 2 aromatic heterocycles. The molecule has 0 saturated carbocycles. The molecule has 0 aliphatic rings. The van der Waals surface area contributed by atoms with Crippen LogP contribution in [0.5, 0.6) is 0 Å². The van der Waals surface area contributed by atoms with Gasteiger partial charge in [-0.3, -0.25) is 9.89 Å². The first-order chi connectivity index (χ1) is 7.67. The average molecular weight is 245 g/mol. The molecule has 0 bridgehead atoms. The van der Waals surface area contributed by atoms with Crippen LogP contribution in [0.4, 0.5) is 4.39 Å². The predicted molar refractivity (Wildman–Crippen MR) is 53.9 cm³/mol. The number of carbonyl (C=O) groups is 1. The summed E-state index contributed by atoms with van der Waals surface area (Å²) in [5.41, 5.74) is 1.25. The Morgan fingerprint density at radius 3 is 2.71 bits per heavy atom. The van der Waals surface area contributed by atoms with Gasteiger partial charge in [0.25, 0.3) is 6.47 Å². The molecule has 5 nitrogen and oxygen atoms in total. The van der Waals surface area contributed by atoms with Gasteiger partial charge in [-0.25, -0.2) is 4.39 Å². The maximum atomic E-state index is 12.8. The van der Waals surface area contributed by atoms with Crippen LogP contribution in [0.15, 0.2) is 24.5 Å². The third kappa shape index (κ3) is 5.08. The number of rotatable bonds is 1. The molecule has 2 aromatic rings. The van der Waals surface area contributed by atoms with Crippen molar-refractivity contribution in [3.63, 3.8) is 0 Å². The summed E-state index contributed by atoms with van der Waals surface area (Å²) in [6, 6.07) is 2.66. The van der Waals surface area contributed by atoms with E-state index in [4.69, 9.17) is 9.90 Å². The largest absolute Gasteiger partial charge is 1.00 e. The number of hydrogen-bond acceptors (Lipinski definition) is 3. The van der Waals surface area contributed by atoms with E-state index < -0.39 is 0 Å². The van der Waals surface area contributed by atoms with Crippen molar-refractivity contribution in [1.82, 2.24) is 14.8 Å². The number of aryl methyl sites for hydroxylation is 1. The van der Waals surface area contributed by atoms with Gasteiger partial charge in [-0.15, -0.1) is 5.56 Å². The van der Waals surface area contributed by atoms with Gasteiger partial charge < -0.3 is 14.8 Å². The number of nitrogens with zero attached hydrogens (tertiary/aromatic N) is 3. The van der Waals surface area contributed by atoms with Crippen LogP contribution in [-0.4, -0.2) is 26.3 Å². The van der Waals surface area contributed by atoms with Crippen molar-refractivity contribution < 1.29 is 43.8 Å². The molecule has 0 aliphatic carbocycles. The second kappa shape index (κ2) is 7.94. The van der Waals surface area contributed by atoms with E-state index in [9.17, 15) is 4.39 Å². The smallest absolute Gasteiger partial charge is 0.483 e. The standard InChI is InChI=1S/C9H7FN3.CH2O2.Na/c1-13-6-7(5-12-13)9-4-8(10)2-3-11-9;2-1-3;/h2-5H,1H3;1H,(H,2,3);/q-1;;+1. The van der Waals surface area contributed by atoms with Crippen molar-refractivity contribution in [2.45, 2.75) is 0 Å². The summed E-state index contributed by atoms with van der Waals surface area (Å²) in [6.45, 7) is -0.250. The topological polar surface area (TPSA) is 68.0 Å². The number of aromatic nitrogens is 3. The van der Waals surface area contributed by atoms with Crippen molar-refractivity contribution in [1.29, 1.82) is 0 Å². The van der Waals surface area contributed by atoms with Crippen LogP contribution in [0.1, 0.15) is 0 Å². The molecule has 0 unspecified atom stereocenters. The molecule has 7 heteroatoms. The van der Waals surface area contributed by atoms with E-state index in [-0.39, 0.29) is 41.8 Å². The number of hydrogen-bond donors (Lipinski definition) is 1. The zero-order chi connectivity index (χ0) is 12.0. The molecule has 0 atom stereocenters. The Balaban J connectivity index is 0.000000583. The van der Waals surface area contributed by atoms with Crippen LogP contribution in [0.3, 0.4) is 0 Å². The summed E-state index contributed by atoms with van der Waals surface area (Å²) in [4.78, 5) is 12.4. The molecule has 0 spiro atoms. The molecule has 84 valence electrons. The summed E-state index contributed by atoms with van der Waals surface area (Å²) in [5, 5.41) is 10.8. The van der Waals surface area contributed by atoms with Crippen LogP contribution in [0.2, 0.25) is 0 Å². The second-order valence-corrected chi connectivity index (χ2v) is 2.76. The SMILES string of the molecule is Cn1[c-]c(-c2cc(F)ccn2)cn1.O=CO.[Na+]. The van der Waals surface area contributed by atoms with E-state index in [1.807, 2.05) is 0 Å². The van der Waals surface area contributed by atoms with Gasteiger partial charge in [0, 0.05) is 13.2 Å². The van der Waals surface area contributed by atoms with E-state index in [0.717, 1.165) is 0 Å². The Kier molecular flexibility index (Phi) is 7.36. The molecule has 0 aliphatic heterocycles. The molecular formula is C10H9FN3NaO2. The van der Waals surface area contributed by atoms with Gasteiger partial charge in [-0.2, -0.15) is 0 Å². The van der Waals surface area contributed by atoms with Gasteiger partial charge >= 0.3 is 29.6 Å². The average Bonchev–Trinajstić information content (AvgIpc) is 2.66. The zero-order valence-electron chi connectivity index (χ0n) is 9.46. The zero-order valence-corrected chi connectivity index (χ0v) is 11.5. The molecule has 2 rings (SSSR count). The normalized spacial score (nSPS) is 8.59. The summed E-state index contributed by atoms with van der Waals surface area (Å²) in [5.74, 6) is -0.303. The maximum Gasteiger partial charge on any atom is 1.00 e. The van der Waals surface area contributed by atoms with Crippen molar-refractivity contribution in [2.24, 2.45) is 7.05 Å². The summed E-state index contributed by atoms with van der Waals surface area (Å²) in [6.07, 6.45) is 5.92. The second-order valence-electron chi connectivity index (χ2n) is 2.76. The van der Waals surface area contributed by atoms with E-state index >= 15 is 0 Å². The first kappa shape index (κ1) is 15.8. The first-order valence-corrected chi connectivity index (χ1v) is 4.28. The Bertz CT molecular complexity index is 476. The molecule has 0 amide bonds. The summed E-state index contributed by atoms with van der Waals surface area (Å²) in [7, 11) is 1.75. The molecule has 0 fully saturated rings. The van der Waals surface area contributed by atoms with E-state index in [1.165, 1.54) is 23.0 Å². The first-order valence-electron chi connectivity index (χ1n) is 4.28. The Morgan fingerprint density at radius 2 is 2.24 bits per heavy atom. The molecule has 0 aromatic carbocycles. The maximum absolute atomic E-state index is 12.8. The van der Waals surface area contributed by atoms with E-state index in [0.29, 0.717) is 11.3 Å². The Labute approximate surface area is 120 Å². The van der Waals surface area contributed by atoms with Crippen LogP contribution < -0.4 is 29.6 Å².